The Morgan fingerprint density at radius 3 is 3.07 bits per heavy atom. The van der Waals surface area contributed by atoms with Gasteiger partial charge in [0.15, 0.2) is 0 Å². The number of nitrogens with zero attached hydrogens (tertiary/aromatic N) is 3. The van der Waals surface area contributed by atoms with Gasteiger partial charge in [-0.3, -0.25) is 0 Å². The Bertz CT molecular complexity index is 399. The van der Waals surface area contributed by atoms with Gasteiger partial charge in [0.1, 0.15) is 11.6 Å². The Kier molecular flexibility index (Phi) is 2.69. The van der Waals surface area contributed by atoms with Gasteiger partial charge in [-0.15, -0.1) is 11.3 Å². The van der Waals surface area contributed by atoms with E-state index in [0.717, 1.165) is 17.3 Å². The van der Waals surface area contributed by atoms with E-state index in [1.165, 1.54) is 0 Å². The van der Waals surface area contributed by atoms with Crippen molar-refractivity contribution < 1.29 is 0 Å². The first-order valence-electron chi connectivity index (χ1n) is 4.25. The molecule has 2 heterocycles. The van der Waals surface area contributed by atoms with Crippen LogP contribution in [0.4, 0.5) is 5.82 Å². The number of nitrogens with one attached hydrogen (secondary N) is 1. The predicted octanol–water partition coefficient (Wildman–Crippen LogP) is 1.85. The second-order valence-electron chi connectivity index (χ2n) is 2.82. The minimum absolute atomic E-state index is 0.708. The average Bonchev–Trinajstić information content (AvgIpc) is 2.67. The SMILES string of the molecule is Cc1nccc(NCc2cscn2)n1. The first-order chi connectivity index (χ1) is 6.84. The van der Waals surface area contributed by atoms with Crippen LogP contribution in [-0.4, -0.2) is 15.0 Å². The van der Waals surface area contributed by atoms with Crippen molar-refractivity contribution >= 4 is 17.2 Å². The van der Waals surface area contributed by atoms with Crippen LogP contribution in [0.2, 0.25) is 0 Å². The molecule has 0 aliphatic rings. The van der Waals surface area contributed by atoms with Gasteiger partial charge in [0.25, 0.3) is 0 Å². The highest BCUT2D eigenvalue weighted by Crippen LogP contribution is 2.05. The third-order valence-corrected chi connectivity index (χ3v) is 2.35. The van der Waals surface area contributed by atoms with E-state index in [0.29, 0.717) is 6.54 Å². The highest BCUT2D eigenvalue weighted by molar-refractivity contribution is 7.07. The van der Waals surface area contributed by atoms with Gasteiger partial charge < -0.3 is 5.32 Å². The molecule has 4 nitrogen and oxygen atoms in total. The third kappa shape index (κ3) is 2.26. The lowest BCUT2D eigenvalue weighted by molar-refractivity contribution is 1.00. The van der Waals surface area contributed by atoms with E-state index in [9.17, 15) is 0 Å². The first kappa shape index (κ1) is 9.08. The summed E-state index contributed by atoms with van der Waals surface area (Å²) >= 11 is 1.59. The molecule has 0 saturated carbocycles. The van der Waals surface area contributed by atoms with Crippen molar-refractivity contribution in [2.75, 3.05) is 5.32 Å². The third-order valence-electron chi connectivity index (χ3n) is 1.71. The van der Waals surface area contributed by atoms with Gasteiger partial charge in [-0.1, -0.05) is 0 Å². The van der Waals surface area contributed by atoms with Crippen molar-refractivity contribution in [3.05, 3.63) is 34.7 Å². The topological polar surface area (TPSA) is 50.7 Å². The van der Waals surface area contributed by atoms with Crippen LogP contribution in [0.5, 0.6) is 0 Å². The van der Waals surface area contributed by atoms with Crippen molar-refractivity contribution in [1.29, 1.82) is 0 Å². The minimum atomic E-state index is 0.708. The number of aryl methyl sites for hydroxylation is 1. The normalized spacial score (nSPS) is 10.1. The maximum absolute atomic E-state index is 4.23. The molecule has 0 atom stereocenters. The summed E-state index contributed by atoms with van der Waals surface area (Å²) in [5.41, 5.74) is 2.86. The number of hydrogen-bond acceptors (Lipinski definition) is 5. The summed E-state index contributed by atoms with van der Waals surface area (Å²) in [6.07, 6.45) is 1.74. The fourth-order valence-corrected chi connectivity index (χ4v) is 1.62. The molecule has 5 heteroatoms. The molecule has 0 saturated heterocycles. The second-order valence-corrected chi connectivity index (χ2v) is 3.54. The molecule has 1 N–H and O–H groups in total. The van der Waals surface area contributed by atoms with Gasteiger partial charge in [-0.2, -0.15) is 0 Å². The van der Waals surface area contributed by atoms with Crippen LogP contribution in [-0.2, 0) is 6.54 Å². The number of aromatic nitrogens is 3. The molecule has 14 heavy (non-hydrogen) atoms. The van der Waals surface area contributed by atoms with E-state index in [-0.39, 0.29) is 0 Å². The summed E-state index contributed by atoms with van der Waals surface area (Å²) in [6.45, 7) is 2.58. The highest BCUT2D eigenvalue weighted by atomic mass is 32.1. The zero-order valence-corrected chi connectivity index (χ0v) is 8.58. The number of hydrogen-bond donors (Lipinski definition) is 1. The molecule has 0 aliphatic carbocycles. The monoisotopic (exact) mass is 206 g/mol. The maximum Gasteiger partial charge on any atom is 0.129 e. The summed E-state index contributed by atoms with van der Waals surface area (Å²) in [6, 6.07) is 1.85. The summed E-state index contributed by atoms with van der Waals surface area (Å²) in [7, 11) is 0. The summed E-state index contributed by atoms with van der Waals surface area (Å²) < 4.78 is 0. The first-order valence-corrected chi connectivity index (χ1v) is 5.19. The van der Waals surface area contributed by atoms with Crippen molar-refractivity contribution in [2.45, 2.75) is 13.5 Å². The van der Waals surface area contributed by atoms with Gasteiger partial charge in [0.2, 0.25) is 0 Å². The average molecular weight is 206 g/mol. The van der Waals surface area contributed by atoms with Gasteiger partial charge >= 0.3 is 0 Å². The van der Waals surface area contributed by atoms with Gasteiger partial charge in [-0.05, 0) is 13.0 Å². The number of rotatable bonds is 3. The van der Waals surface area contributed by atoms with Crippen molar-refractivity contribution in [1.82, 2.24) is 15.0 Å². The summed E-state index contributed by atoms with van der Waals surface area (Å²) in [5, 5.41) is 5.20. The number of anilines is 1. The van der Waals surface area contributed by atoms with Gasteiger partial charge in [0, 0.05) is 11.6 Å². The quantitative estimate of drug-likeness (QED) is 0.832. The molecule has 0 aromatic carbocycles. The van der Waals surface area contributed by atoms with E-state index in [1.54, 1.807) is 17.5 Å². The molecule has 0 bridgehead atoms. The molecule has 0 aliphatic heterocycles. The molecule has 0 radical (unpaired) electrons. The minimum Gasteiger partial charge on any atom is -0.364 e. The van der Waals surface area contributed by atoms with Gasteiger partial charge in [0.05, 0.1) is 17.7 Å². The molecule has 2 aromatic heterocycles. The largest absolute Gasteiger partial charge is 0.364 e. The molecule has 2 aromatic rings. The fourth-order valence-electron chi connectivity index (χ4n) is 1.06. The molecule has 0 spiro atoms. The Morgan fingerprint density at radius 2 is 2.36 bits per heavy atom. The van der Waals surface area contributed by atoms with Crippen LogP contribution in [0.1, 0.15) is 11.5 Å². The van der Waals surface area contributed by atoms with Crippen LogP contribution in [0.15, 0.2) is 23.2 Å². The Balaban J connectivity index is 1.98. The van der Waals surface area contributed by atoms with E-state index in [4.69, 9.17) is 0 Å². The molecular formula is C9H10N4S. The summed E-state index contributed by atoms with van der Waals surface area (Å²) in [5.74, 6) is 1.61. The lowest BCUT2D eigenvalue weighted by atomic mass is 10.4. The van der Waals surface area contributed by atoms with Crippen molar-refractivity contribution in [2.24, 2.45) is 0 Å². The van der Waals surface area contributed by atoms with Crippen LogP contribution in [0.3, 0.4) is 0 Å². The van der Waals surface area contributed by atoms with E-state index >= 15 is 0 Å². The Hall–Kier alpha value is -1.49. The fraction of sp³-hybridized carbons (Fsp3) is 0.222. The molecule has 2 rings (SSSR count). The van der Waals surface area contributed by atoms with Crippen LogP contribution in [0, 0.1) is 6.92 Å². The standard InChI is InChI=1S/C9H10N4S/c1-7-10-3-2-9(13-7)11-4-8-5-14-6-12-8/h2-3,5-6H,4H2,1H3,(H,10,11,13). The lowest BCUT2D eigenvalue weighted by Crippen LogP contribution is -2.02. The van der Waals surface area contributed by atoms with Crippen molar-refractivity contribution in [3.8, 4) is 0 Å². The molecule has 0 unspecified atom stereocenters. The molecule has 0 amide bonds. The van der Waals surface area contributed by atoms with Crippen LogP contribution < -0.4 is 5.32 Å². The van der Waals surface area contributed by atoms with Gasteiger partial charge in [-0.25, -0.2) is 15.0 Å². The van der Waals surface area contributed by atoms with Crippen LogP contribution >= 0.6 is 11.3 Å². The van der Waals surface area contributed by atoms with E-state index in [1.807, 2.05) is 23.9 Å². The van der Waals surface area contributed by atoms with E-state index in [2.05, 4.69) is 20.3 Å². The Labute approximate surface area is 86.1 Å². The molecule has 72 valence electrons. The predicted molar refractivity (Wildman–Crippen MR) is 56.2 cm³/mol. The molecule has 0 fully saturated rings. The zero-order chi connectivity index (χ0) is 9.80. The highest BCUT2D eigenvalue weighted by Gasteiger charge is 1.96. The zero-order valence-electron chi connectivity index (χ0n) is 7.77. The molecular weight excluding hydrogens is 196 g/mol. The second kappa shape index (κ2) is 4.15. The summed E-state index contributed by atoms with van der Waals surface area (Å²) in [4.78, 5) is 12.4. The Morgan fingerprint density at radius 1 is 1.43 bits per heavy atom. The van der Waals surface area contributed by atoms with Crippen LogP contribution in [0.25, 0.3) is 0 Å². The van der Waals surface area contributed by atoms with E-state index < -0.39 is 0 Å². The smallest absolute Gasteiger partial charge is 0.129 e. The number of thiazole rings is 1. The van der Waals surface area contributed by atoms with Crippen molar-refractivity contribution in [3.63, 3.8) is 0 Å². The maximum atomic E-state index is 4.23. The lowest BCUT2D eigenvalue weighted by Gasteiger charge is -2.02.